The number of hydrogen-bond acceptors (Lipinski definition) is 4. The van der Waals surface area contributed by atoms with E-state index >= 15 is 0 Å². The number of carbonyl (C=O) groups is 1. The van der Waals surface area contributed by atoms with Crippen LogP contribution in [0.25, 0.3) is 10.9 Å². The average Bonchev–Trinajstić information content (AvgIpc) is 3.23. The lowest BCUT2D eigenvalue weighted by molar-refractivity contribution is -0.384. The normalized spacial score (nSPS) is 11.9. The van der Waals surface area contributed by atoms with Crippen LogP contribution in [-0.4, -0.2) is 35.7 Å². The standard InChI is InChI=1S/C28H28FN3O4/c1-36-15-5-14-30-28(33)17-24(21-8-10-22(29)11-9-21)26-19-31(18-20-6-3-2-4-7-20)27-13-12-23(32(34)35)16-25(26)27/h2-4,6-13,16,19,24H,5,14-15,17-18H2,1H3,(H,30,33). The first kappa shape index (κ1) is 25.1. The van der Waals surface area contributed by atoms with Crippen LogP contribution in [0.3, 0.4) is 0 Å². The maximum absolute atomic E-state index is 13.7. The maximum atomic E-state index is 13.7. The van der Waals surface area contributed by atoms with E-state index in [-0.39, 0.29) is 23.8 Å². The second-order valence-electron chi connectivity index (χ2n) is 8.66. The van der Waals surface area contributed by atoms with Crippen LogP contribution in [0.1, 0.15) is 35.4 Å². The van der Waals surface area contributed by atoms with Crippen molar-refractivity contribution >= 4 is 22.5 Å². The highest BCUT2D eigenvalue weighted by atomic mass is 19.1. The molecule has 1 amide bonds. The minimum absolute atomic E-state index is 0.0249. The van der Waals surface area contributed by atoms with E-state index in [1.807, 2.05) is 41.1 Å². The van der Waals surface area contributed by atoms with Crippen LogP contribution in [-0.2, 0) is 16.1 Å². The van der Waals surface area contributed by atoms with E-state index in [1.54, 1.807) is 31.4 Å². The van der Waals surface area contributed by atoms with Crippen LogP contribution < -0.4 is 5.32 Å². The van der Waals surface area contributed by atoms with E-state index in [9.17, 15) is 19.3 Å². The van der Waals surface area contributed by atoms with Crippen molar-refractivity contribution < 1.29 is 18.8 Å². The Morgan fingerprint density at radius 3 is 2.56 bits per heavy atom. The number of non-ortho nitro benzene ring substituents is 1. The maximum Gasteiger partial charge on any atom is 0.270 e. The molecule has 1 heterocycles. The van der Waals surface area contributed by atoms with Gasteiger partial charge in [-0.1, -0.05) is 42.5 Å². The van der Waals surface area contributed by atoms with E-state index in [2.05, 4.69) is 5.32 Å². The third kappa shape index (κ3) is 5.95. The molecule has 0 aliphatic rings. The first-order valence-corrected chi connectivity index (χ1v) is 11.8. The summed E-state index contributed by atoms with van der Waals surface area (Å²) in [6, 6.07) is 20.7. The van der Waals surface area contributed by atoms with Crippen LogP contribution in [0.4, 0.5) is 10.1 Å². The van der Waals surface area contributed by atoms with Crippen molar-refractivity contribution in [3.63, 3.8) is 0 Å². The second kappa shape index (κ2) is 11.6. The summed E-state index contributed by atoms with van der Waals surface area (Å²) in [5.41, 5.74) is 3.42. The van der Waals surface area contributed by atoms with Gasteiger partial charge in [0.05, 0.1) is 4.92 Å². The molecule has 4 rings (SSSR count). The predicted octanol–water partition coefficient (Wildman–Crippen LogP) is 5.41. The van der Waals surface area contributed by atoms with Gasteiger partial charge in [-0.3, -0.25) is 14.9 Å². The van der Waals surface area contributed by atoms with Crippen molar-refractivity contribution in [2.24, 2.45) is 0 Å². The number of aromatic nitrogens is 1. The molecule has 0 spiro atoms. The lowest BCUT2D eigenvalue weighted by Crippen LogP contribution is -2.27. The molecule has 3 aromatic carbocycles. The van der Waals surface area contributed by atoms with Gasteiger partial charge in [-0.15, -0.1) is 0 Å². The molecule has 0 aliphatic heterocycles. The highest BCUT2D eigenvalue weighted by Gasteiger charge is 2.24. The van der Waals surface area contributed by atoms with Gasteiger partial charge in [0.1, 0.15) is 5.82 Å². The van der Waals surface area contributed by atoms with Gasteiger partial charge in [0.15, 0.2) is 0 Å². The highest BCUT2D eigenvalue weighted by molar-refractivity contribution is 5.88. The van der Waals surface area contributed by atoms with E-state index in [0.717, 1.165) is 22.2 Å². The third-order valence-corrected chi connectivity index (χ3v) is 6.19. The number of nitro groups is 1. The van der Waals surface area contributed by atoms with Crippen LogP contribution >= 0.6 is 0 Å². The van der Waals surface area contributed by atoms with Crippen molar-refractivity contribution in [1.82, 2.24) is 9.88 Å². The molecule has 36 heavy (non-hydrogen) atoms. The van der Waals surface area contributed by atoms with Gasteiger partial charge in [0.2, 0.25) is 5.91 Å². The number of benzene rings is 3. The Hall–Kier alpha value is -4.04. The number of nitro benzene ring substituents is 1. The largest absolute Gasteiger partial charge is 0.385 e. The minimum atomic E-state index is -0.423. The summed E-state index contributed by atoms with van der Waals surface area (Å²) < 4.78 is 20.8. The first-order chi connectivity index (χ1) is 17.5. The lowest BCUT2D eigenvalue weighted by Gasteiger charge is -2.17. The number of nitrogens with zero attached hydrogens (tertiary/aromatic N) is 2. The molecule has 8 heteroatoms. The van der Waals surface area contributed by atoms with E-state index in [4.69, 9.17) is 4.74 Å². The zero-order valence-electron chi connectivity index (χ0n) is 20.0. The van der Waals surface area contributed by atoms with Crippen molar-refractivity contribution in [1.29, 1.82) is 0 Å². The fourth-order valence-electron chi connectivity index (χ4n) is 4.42. The van der Waals surface area contributed by atoms with E-state index in [1.165, 1.54) is 18.2 Å². The third-order valence-electron chi connectivity index (χ3n) is 6.19. The van der Waals surface area contributed by atoms with Gasteiger partial charge in [-0.25, -0.2) is 4.39 Å². The minimum Gasteiger partial charge on any atom is -0.385 e. The molecule has 7 nitrogen and oxygen atoms in total. The van der Waals surface area contributed by atoms with Crippen molar-refractivity contribution in [3.05, 3.63) is 112 Å². The summed E-state index contributed by atoms with van der Waals surface area (Å²) >= 11 is 0. The number of hydrogen-bond donors (Lipinski definition) is 1. The summed E-state index contributed by atoms with van der Waals surface area (Å²) in [5.74, 6) is -0.951. The Morgan fingerprint density at radius 2 is 1.86 bits per heavy atom. The Kier molecular flexibility index (Phi) is 8.07. The number of rotatable bonds is 11. The van der Waals surface area contributed by atoms with Crippen LogP contribution in [0.15, 0.2) is 79.0 Å². The first-order valence-electron chi connectivity index (χ1n) is 11.8. The van der Waals surface area contributed by atoms with Gasteiger partial charge in [0, 0.05) is 68.4 Å². The topological polar surface area (TPSA) is 86.4 Å². The molecule has 0 aliphatic carbocycles. The van der Waals surface area contributed by atoms with Gasteiger partial charge in [-0.2, -0.15) is 0 Å². The Morgan fingerprint density at radius 1 is 1.11 bits per heavy atom. The Balaban J connectivity index is 1.78. The molecule has 1 atom stereocenters. The molecular formula is C28H28FN3O4. The van der Waals surface area contributed by atoms with Gasteiger partial charge < -0.3 is 14.6 Å². The van der Waals surface area contributed by atoms with Crippen LogP contribution in [0.5, 0.6) is 0 Å². The SMILES string of the molecule is COCCCNC(=O)CC(c1ccc(F)cc1)c1cn(Cc2ccccc2)c2ccc([N+](=O)[O-])cc12. The number of ether oxygens (including phenoxy) is 1. The summed E-state index contributed by atoms with van der Waals surface area (Å²) in [4.78, 5) is 24.0. The van der Waals surface area contributed by atoms with Crippen LogP contribution in [0.2, 0.25) is 0 Å². The summed E-state index contributed by atoms with van der Waals surface area (Å²) in [6.07, 6.45) is 2.76. The van der Waals surface area contributed by atoms with E-state index in [0.29, 0.717) is 31.5 Å². The quantitative estimate of drug-likeness (QED) is 0.173. The zero-order valence-corrected chi connectivity index (χ0v) is 20.0. The number of amides is 1. The number of carbonyl (C=O) groups excluding carboxylic acids is 1. The Labute approximate surface area is 208 Å². The summed E-state index contributed by atoms with van der Waals surface area (Å²) in [7, 11) is 1.61. The van der Waals surface area contributed by atoms with Gasteiger partial charge in [-0.05, 0) is 41.3 Å². The summed E-state index contributed by atoms with van der Waals surface area (Å²) in [5, 5.41) is 15.2. The molecule has 1 N–H and O–H groups in total. The van der Waals surface area contributed by atoms with E-state index < -0.39 is 10.8 Å². The second-order valence-corrected chi connectivity index (χ2v) is 8.66. The van der Waals surface area contributed by atoms with Crippen LogP contribution in [0, 0.1) is 15.9 Å². The predicted molar refractivity (Wildman–Crippen MR) is 136 cm³/mol. The number of methoxy groups -OCH3 is 1. The number of nitrogens with one attached hydrogen (secondary N) is 1. The van der Waals surface area contributed by atoms with Crippen molar-refractivity contribution in [2.45, 2.75) is 25.3 Å². The lowest BCUT2D eigenvalue weighted by atomic mass is 9.88. The average molecular weight is 490 g/mol. The monoisotopic (exact) mass is 489 g/mol. The molecule has 186 valence electrons. The fourth-order valence-corrected chi connectivity index (χ4v) is 4.42. The molecule has 4 aromatic rings. The molecule has 0 bridgehead atoms. The molecule has 1 unspecified atom stereocenters. The highest BCUT2D eigenvalue weighted by Crippen LogP contribution is 2.36. The molecule has 0 saturated heterocycles. The van der Waals surface area contributed by atoms with Gasteiger partial charge >= 0.3 is 0 Å². The summed E-state index contributed by atoms with van der Waals surface area (Å²) in [6.45, 7) is 1.58. The molecule has 0 fully saturated rings. The van der Waals surface area contributed by atoms with Crippen molar-refractivity contribution in [3.8, 4) is 0 Å². The number of halogens is 1. The van der Waals surface area contributed by atoms with Gasteiger partial charge in [0.25, 0.3) is 5.69 Å². The zero-order chi connectivity index (χ0) is 25.5. The fraction of sp³-hybridized carbons (Fsp3) is 0.250. The number of fused-ring (bicyclic) bond motifs is 1. The molecule has 0 saturated carbocycles. The van der Waals surface area contributed by atoms with Crippen molar-refractivity contribution in [2.75, 3.05) is 20.3 Å². The molecule has 1 aromatic heterocycles. The Bertz CT molecular complexity index is 1340. The smallest absolute Gasteiger partial charge is 0.270 e. The molecular weight excluding hydrogens is 461 g/mol. The molecule has 0 radical (unpaired) electrons.